The number of aromatic amines is 1. The average Bonchev–Trinajstić information content (AvgIpc) is 2.49. The van der Waals surface area contributed by atoms with Gasteiger partial charge in [0.25, 0.3) is 0 Å². The highest BCUT2D eigenvalue weighted by Crippen LogP contribution is 2.17. The van der Waals surface area contributed by atoms with Crippen molar-refractivity contribution in [3.63, 3.8) is 0 Å². The maximum atomic E-state index is 5.76. The third-order valence-electron chi connectivity index (χ3n) is 2.10. The van der Waals surface area contributed by atoms with E-state index in [4.69, 9.17) is 5.73 Å². The van der Waals surface area contributed by atoms with Crippen molar-refractivity contribution >= 4 is 23.3 Å². The van der Waals surface area contributed by atoms with Crippen LogP contribution in [0.4, 0.5) is 0 Å². The fraction of sp³-hybridized carbons (Fsp3) is 0.200. The van der Waals surface area contributed by atoms with Crippen LogP contribution in [0.15, 0.2) is 30.5 Å². The van der Waals surface area contributed by atoms with Gasteiger partial charge < -0.3 is 10.7 Å². The number of nitrogens with one attached hydrogen (secondary N) is 1. The number of aromatic nitrogens is 1. The molecule has 70 valence electrons. The van der Waals surface area contributed by atoms with E-state index in [9.17, 15) is 0 Å². The number of hydrogen-bond donors (Lipinski definition) is 2. The first-order valence-corrected chi connectivity index (χ1v) is 4.10. The van der Waals surface area contributed by atoms with Crippen LogP contribution in [0.2, 0.25) is 0 Å². The molecule has 13 heavy (non-hydrogen) atoms. The molecule has 0 amide bonds. The van der Waals surface area contributed by atoms with Crippen molar-refractivity contribution in [2.45, 2.75) is 13.0 Å². The number of rotatable bonds is 1. The van der Waals surface area contributed by atoms with Gasteiger partial charge in [0.05, 0.1) is 0 Å². The topological polar surface area (TPSA) is 41.8 Å². The standard InChI is InChI=1S/C10H12N2.ClH/c1-7(11)8-2-3-10-9(6-8)4-5-12-10;/h2-7,12H,11H2,1H3;1H/t7-;/m1./s1. The van der Waals surface area contributed by atoms with Gasteiger partial charge in [-0.2, -0.15) is 0 Å². The Morgan fingerprint density at radius 3 is 2.77 bits per heavy atom. The number of hydrogen-bond acceptors (Lipinski definition) is 1. The van der Waals surface area contributed by atoms with Crippen LogP contribution in [0, 0.1) is 0 Å². The summed E-state index contributed by atoms with van der Waals surface area (Å²) < 4.78 is 0. The molecule has 3 heteroatoms. The Morgan fingerprint density at radius 1 is 1.31 bits per heavy atom. The van der Waals surface area contributed by atoms with Gasteiger partial charge in [-0.3, -0.25) is 0 Å². The Balaban J connectivity index is 0.000000845. The van der Waals surface area contributed by atoms with Gasteiger partial charge in [-0.1, -0.05) is 6.07 Å². The van der Waals surface area contributed by atoms with Gasteiger partial charge in [0.15, 0.2) is 0 Å². The summed E-state index contributed by atoms with van der Waals surface area (Å²) in [6, 6.07) is 8.42. The Labute approximate surface area is 83.5 Å². The molecule has 0 unspecified atom stereocenters. The van der Waals surface area contributed by atoms with Crippen molar-refractivity contribution in [1.29, 1.82) is 0 Å². The summed E-state index contributed by atoms with van der Waals surface area (Å²) in [5.41, 5.74) is 8.11. The van der Waals surface area contributed by atoms with Crippen LogP contribution in [0.1, 0.15) is 18.5 Å². The molecular formula is C10H13ClN2. The third-order valence-corrected chi connectivity index (χ3v) is 2.10. The van der Waals surface area contributed by atoms with Gasteiger partial charge in [0.1, 0.15) is 0 Å². The van der Waals surface area contributed by atoms with E-state index in [0.29, 0.717) is 0 Å². The molecule has 0 aliphatic rings. The minimum Gasteiger partial charge on any atom is -0.361 e. The summed E-state index contributed by atoms with van der Waals surface area (Å²) in [4.78, 5) is 3.14. The van der Waals surface area contributed by atoms with Crippen LogP contribution in [0.5, 0.6) is 0 Å². The number of nitrogens with two attached hydrogens (primary N) is 1. The molecule has 1 aromatic heterocycles. The van der Waals surface area contributed by atoms with E-state index < -0.39 is 0 Å². The SMILES string of the molecule is C[C@@H](N)c1ccc2[nH]ccc2c1.Cl. The fourth-order valence-corrected chi connectivity index (χ4v) is 1.35. The van der Waals surface area contributed by atoms with E-state index in [0.717, 1.165) is 0 Å². The van der Waals surface area contributed by atoms with Crippen molar-refractivity contribution in [2.24, 2.45) is 5.73 Å². The van der Waals surface area contributed by atoms with E-state index in [1.165, 1.54) is 16.5 Å². The summed E-state index contributed by atoms with van der Waals surface area (Å²) in [7, 11) is 0. The van der Waals surface area contributed by atoms with E-state index in [1.54, 1.807) is 0 Å². The monoisotopic (exact) mass is 196 g/mol. The smallest absolute Gasteiger partial charge is 0.0454 e. The van der Waals surface area contributed by atoms with E-state index in [2.05, 4.69) is 29.2 Å². The van der Waals surface area contributed by atoms with Gasteiger partial charge in [0, 0.05) is 17.8 Å². The summed E-state index contributed by atoms with van der Waals surface area (Å²) >= 11 is 0. The number of fused-ring (bicyclic) bond motifs is 1. The van der Waals surface area contributed by atoms with Gasteiger partial charge in [-0.15, -0.1) is 12.4 Å². The third kappa shape index (κ3) is 1.85. The molecule has 2 aromatic rings. The molecule has 0 radical (unpaired) electrons. The van der Waals surface area contributed by atoms with Crippen LogP contribution < -0.4 is 5.73 Å². The van der Waals surface area contributed by atoms with Crippen LogP contribution in [-0.4, -0.2) is 4.98 Å². The highest BCUT2D eigenvalue weighted by Gasteiger charge is 2.00. The average molecular weight is 197 g/mol. The predicted molar refractivity (Wildman–Crippen MR) is 58.1 cm³/mol. The van der Waals surface area contributed by atoms with Crippen LogP contribution >= 0.6 is 12.4 Å². The zero-order valence-electron chi connectivity index (χ0n) is 7.45. The fourth-order valence-electron chi connectivity index (χ4n) is 1.35. The maximum absolute atomic E-state index is 5.76. The van der Waals surface area contributed by atoms with Gasteiger partial charge in [0.2, 0.25) is 0 Å². The lowest BCUT2D eigenvalue weighted by atomic mass is 10.1. The minimum absolute atomic E-state index is 0. The second-order valence-corrected chi connectivity index (χ2v) is 3.11. The lowest BCUT2D eigenvalue weighted by Crippen LogP contribution is -2.04. The lowest BCUT2D eigenvalue weighted by molar-refractivity contribution is 0.820. The number of benzene rings is 1. The molecule has 2 rings (SSSR count). The van der Waals surface area contributed by atoms with Crippen LogP contribution in [0.3, 0.4) is 0 Å². The normalized spacial score (nSPS) is 12.5. The van der Waals surface area contributed by atoms with Gasteiger partial charge >= 0.3 is 0 Å². The first kappa shape index (κ1) is 10.1. The lowest BCUT2D eigenvalue weighted by Gasteiger charge is -2.04. The van der Waals surface area contributed by atoms with Crippen molar-refractivity contribution in [3.8, 4) is 0 Å². The molecule has 0 aliphatic heterocycles. The van der Waals surface area contributed by atoms with Crippen molar-refractivity contribution in [2.75, 3.05) is 0 Å². The maximum Gasteiger partial charge on any atom is 0.0454 e. The largest absolute Gasteiger partial charge is 0.361 e. The highest BCUT2D eigenvalue weighted by atomic mass is 35.5. The molecule has 0 spiro atoms. The zero-order chi connectivity index (χ0) is 8.55. The zero-order valence-corrected chi connectivity index (χ0v) is 8.27. The summed E-state index contributed by atoms with van der Waals surface area (Å²) in [5.74, 6) is 0. The summed E-state index contributed by atoms with van der Waals surface area (Å²) in [5, 5.41) is 1.23. The molecule has 0 saturated heterocycles. The molecule has 1 atom stereocenters. The van der Waals surface area contributed by atoms with Gasteiger partial charge in [-0.25, -0.2) is 0 Å². The summed E-state index contributed by atoms with van der Waals surface area (Å²) in [6.45, 7) is 1.99. The first-order chi connectivity index (χ1) is 5.77. The van der Waals surface area contributed by atoms with Crippen LogP contribution in [0.25, 0.3) is 10.9 Å². The summed E-state index contributed by atoms with van der Waals surface area (Å²) in [6.07, 6.45) is 1.94. The van der Waals surface area contributed by atoms with Crippen LogP contribution in [-0.2, 0) is 0 Å². The van der Waals surface area contributed by atoms with Crippen molar-refractivity contribution in [3.05, 3.63) is 36.0 Å². The number of halogens is 1. The Kier molecular flexibility index (Phi) is 2.96. The molecule has 0 fully saturated rings. The predicted octanol–water partition coefficient (Wildman–Crippen LogP) is 2.61. The van der Waals surface area contributed by atoms with Crippen molar-refractivity contribution in [1.82, 2.24) is 4.98 Å². The molecule has 1 heterocycles. The Hall–Kier alpha value is -0.990. The van der Waals surface area contributed by atoms with E-state index in [-0.39, 0.29) is 18.4 Å². The quantitative estimate of drug-likeness (QED) is 0.724. The van der Waals surface area contributed by atoms with E-state index >= 15 is 0 Å². The molecule has 0 bridgehead atoms. The minimum atomic E-state index is 0. The second kappa shape index (κ2) is 3.81. The molecule has 2 nitrogen and oxygen atoms in total. The molecule has 1 aromatic carbocycles. The highest BCUT2D eigenvalue weighted by molar-refractivity contribution is 5.85. The second-order valence-electron chi connectivity index (χ2n) is 3.11. The Morgan fingerprint density at radius 2 is 2.08 bits per heavy atom. The number of H-pyrrole nitrogens is 1. The molecule has 0 saturated carbocycles. The molecule has 0 aliphatic carbocycles. The van der Waals surface area contributed by atoms with Gasteiger partial charge in [-0.05, 0) is 36.1 Å². The first-order valence-electron chi connectivity index (χ1n) is 4.10. The van der Waals surface area contributed by atoms with E-state index in [1.807, 2.05) is 13.1 Å². The molecule has 3 N–H and O–H groups in total. The Bertz CT molecular complexity index is 392. The molecular weight excluding hydrogens is 184 g/mol. The van der Waals surface area contributed by atoms with Crippen molar-refractivity contribution < 1.29 is 0 Å².